The van der Waals surface area contributed by atoms with Gasteiger partial charge in [-0.25, -0.2) is 14.7 Å². The van der Waals surface area contributed by atoms with Crippen molar-refractivity contribution in [2.45, 2.75) is 40.2 Å². The van der Waals surface area contributed by atoms with Crippen molar-refractivity contribution >= 4 is 11.9 Å². The minimum absolute atomic E-state index is 0.00121. The standard InChI is InChI=1S/C20H26N2O7/c1-11(2)10-29-19(24)17-14(5)22(27)13(4)16(18(23)28-6)20(17,25)15-8-7-9-21(26)12(15)3/h7-9,11,25,27H,10H2,1-6H3. The Kier molecular flexibility index (Phi) is 6.34. The van der Waals surface area contributed by atoms with Crippen molar-refractivity contribution < 1.29 is 34.1 Å². The molecule has 0 amide bonds. The number of hydroxylamine groups is 2. The molecule has 2 N–H and O–H groups in total. The van der Waals surface area contributed by atoms with Crippen LogP contribution >= 0.6 is 0 Å². The van der Waals surface area contributed by atoms with Crippen molar-refractivity contribution in [1.82, 2.24) is 5.06 Å². The van der Waals surface area contributed by atoms with E-state index in [2.05, 4.69) is 0 Å². The molecular formula is C20H26N2O7. The van der Waals surface area contributed by atoms with E-state index in [-0.39, 0.29) is 46.3 Å². The molecule has 9 nitrogen and oxygen atoms in total. The highest BCUT2D eigenvalue weighted by atomic mass is 16.5. The lowest BCUT2D eigenvalue weighted by Crippen LogP contribution is -2.48. The van der Waals surface area contributed by atoms with Crippen LogP contribution in [-0.4, -0.2) is 41.0 Å². The number of carbonyl (C=O) groups is 2. The van der Waals surface area contributed by atoms with Gasteiger partial charge in [-0.3, -0.25) is 5.21 Å². The Hall–Kier alpha value is -2.91. The molecule has 0 saturated heterocycles. The molecule has 158 valence electrons. The Balaban J connectivity index is 2.86. The fourth-order valence-electron chi connectivity index (χ4n) is 3.34. The van der Waals surface area contributed by atoms with Crippen LogP contribution < -0.4 is 4.73 Å². The van der Waals surface area contributed by atoms with Gasteiger partial charge in [0, 0.05) is 13.0 Å². The van der Waals surface area contributed by atoms with Crippen LogP contribution in [0.1, 0.15) is 39.0 Å². The molecule has 1 aliphatic heterocycles. The van der Waals surface area contributed by atoms with Gasteiger partial charge in [-0.15, -0.1) is 0 Å². The van der Waals surface area contributed by atoms with E-state index in [1.165, 1.54) is 39.1 Å². The van der Waals surface area contributed by atoms with Crippen LogP contribution in [0.4, 0.5) is 0 Å². The predicted molar refractivity (Wildman–Crippen MR) is 101 cm³/mol. The summed E-state index contributed by atoms with van der Waals surface area (Å²) < 4.78 is 10.6. The molecule has 29 heavy (non-hydrogen) atoms. The molecule has 1 aromatic rings. The van der Waals surface area contributed by atoms with Gasteiger partial charge in [-0.1, -0.05) is 13.8 Å². The minimum Gasteiger partial charge on any atom is -0.619 e. The molecule has 1 aromatic heterocycles. The number of ether oxygens (including phenoxy) is 2. The number of aromatic nitrogens is 1. The number of esters is 2. The number of carbonyl (C=O) groups excluding carboxylic acids is 2. The van der Waals surface area contributed by atoms with E-state index in [1.807, 2.05) is 13.8 Å². The Morgan fingerprint density at radius 2 is 1.76 bits per heavy atom. The summed E-state index contributed by atoms with van der Waals surface area (Å²) in [6, 6.07) is 2.81. The maximum absolute atomic E-state index is 13.0. The highest BCUT2D eigenvalue weighted by molar-refractivity contribution is 6.01. The number of methoxy groups -OCH3 is 1. The van der Waals surface area contributed by atoms with Crippen LogP contribution in [0.15, 0.2) is 40.9 Å². The molecular weight excluding hydrogens is 380 g/mol. The second-order valence-corrected chi connectivity index (χ2v) is 7.26. The summed E-state index contributed by atoms with van der Waals surface area (Å²) >= 11 is 0. The molecule has 0 spiro atoms. The number of pyridine rings is 1. The van der Waals surface area contributed by atoms with Crippen LogP contribution in [0, 0.1) is 18.0 Å². The first kappa shape index (κ1) is 22.4. The normalized spacial score (nSPS) is 19.7. The van der Waals surface area contributed by atoms with Gasteiger partial charge in [0.2, 0.25) is 0 Å². The molecule has 1 aliphatic rings. The molecule has 0 bridgehead atoms. The first-order valence-electron chi connectivity index (χ1n) is 9.07. The lowest BCUT2D eigenvalue weighted by molar-refractivity contribution is -0.613. The van der Waals surface area contributed by atoms with Gasteiger partial charge in [0.25, 0.3) is 0 Å². The van der Waals surface area contributed by atoms with Crippen molar-refractivity contribution in [2.75, 3.05) is 13.7 Å². The summed E-state index contributed by atoms with van der Waals surface area (Å²) in [5.41, 5.74) is -3.15. The maximum Gasteiger partial charge on any atom is 0.339 e. The predicted octanol–water partition coefficient (Wildman–Crippen LogP) is 1.44. The average Bonchev–Trinajstić information content (AvgIpc) is 2.66. The second-order valence-electron chi connectivity index (χ2n) is 7.26. The highest BCUT2D eigenvalue weighted by Gasteiger charge is 2.53. The number of nitrogens with zero attached hydrogens (tertiary/aromatic N) is 2. The largest absolute Gasteiger partial charge is 0.619 e. The van der Waals surface area contributed by atoms with Gasteiger partial charge >= 0.3 is 11.9 Å². The molecule has 0 radical (unpaired) electrons. The van der Waals surface area contributed by atoms with E-state index in [0.29, 0.717) is 9.79 Å². The molecule has 1 atom stereocenters. The first-order valence-corrected chi connectivity index (χ1v) is 9.07. The zero-order valence-electron chi connectivity index (χ0n) is 17.3. The molecule has 0 fully saturated rings. The van der Waals surface area contributed by atoms with Crippen molar-refractivity contribution in [3.05, 3.63) is 57.3 Å². The van der Waals surface area contributed by atoms with Crippen molar-refractivity contribution in [1.29, 1.82) is 0 Å². The van der Waals surface area contributed by atoms with Crippen LogP contribution in [0.3, 0.4) is 0 Å². The van der Waals surface area contributed by atoms with Gasteiger partial charge in [0.05, 0.1) is 41.8 Å². The van der Waals surface area contributed by atoms with Crippen LogP contribution in [0.25, 0.3) is 0 Å². The van der Waals surface area contributed by atoms with E-state index in [4.69, 9.17) is 9.47 Å². The Morgan fingerprint density at radius 3 is 2.28 bits per heavy atom. The summed E-state index contributed by atoms with van der Waals surface area (Å²) in [7, 11) is 1.11. The number of aliphatic hydroxyl groups is 1. The third-order valence-corrected chi connectivity index (χ3v) is 4.82. The topological polar surface area (TPSA) is 123 Å². The fourth-order valence-corrected chi connectivity index (χ4v) is 3.34. The number of hydrogen-bond donors (Lipinski definition) is 2. The van der Waals surface area contributed by atoms with Crippen molar-refractivity contribution in [2.24, 2.45) is 5.92 Å². The van der Waals surface area contributed by atoms with Gasteiger partial charge in [-0.05, 0) is 25.8 Å². The van der Waals surface area contributed by atoms with Crippen molar-refractivity contribution in [3.8, 4) is 0 Å². The third-order valence-electron chi connectivity index (χ3n) is 4.82. The zero-order chi connectivity index (χ0) is 22.1. The van der Waals surface area contributed by atoms with Crippen LogP contribution in [-0.2, 0) is 24.7 Å². The van der Waals surface area contributed by atoms with Crippen molar-refractivity contribution in [3.63, 3.8) is 0 Å². The lowest BCUT2D eigenvalue weighted by Gasteiger charge is -2.39. The van der Waals surface area contributed by atoms with Gasteiger partial charge in [0.15, 0.2) is 17.5 Å². The van der Waals surface area contributed by atoms with E-state index < -0.39 is 17.5 Å². The van der Waals surface area contributed by atoms with Gasteiger partial charge < -0.3 is 19.8 Å². The lowest BCUT2D eigenvalue weighted by atomic mass is 9.75. The summed E-state index contributed by atoms with van der Waals surface area (Å²) in [6.45, 7) is 7.97. The van der Waals surface area contributed by atoms with Gasteiger partial charge in [0.1, 0.15) is 0 Å². The molecule has 9 heteroatoms. The van der Waals surface area contributed by atoms with Gasteiger partial charge in [-0.2, -0.15) is 4.73 Å². The van der Waals surface area contributed by atoms with Crippen LogP contribution in [0.5, 0.6) is 0 Å². The highest BCUT2D eigenvalue weighted by Crippen LogP contribution is 2.46. The number of rotatable bonds is 5. The first-order chi connectivity index (χ1) is 13.5. The quantitative estimate of drug-likeness (QED) is 0.428. The van der Waals surface area contributed by atoms with E-state index >= 15 is 0 Å². The monoisotopic (exact) mass is 406 g/mol. The summed E-state index contributed by atoms with van der Waals surface area (Å²) in [5, 5.41) is 35.1. The Bertz CT molecular complexity index is 904. The molecule has 2 heterocycles. The minimum atomic E-state index is -2.37. The molecule has 2 rings (SSSR count). The SMILES string of the molecule is COC(=O)C1=C(C)N(O)C(C)=C(C(=O)OCC(C)C)C1(O)c1ccc[n+]([O-])c1C. The van der Waals surface area contributed by atoms with E-state index in [9.17, 15) is 25.1 Å². The van der Waals surface area contributed by atoms with E-state index in [0.717, 1.165) is 7.11 Å². The molecule has 0 saturated carbocycles. The summed E-state index contributed by atoms with van der Waals surface area (Å²) in [6.07, 6.45) is 1.23. The Morgan fingerprint density at radius 1 is 1.21 bits per heavy atom. The third kappa shape index (κ3) is 3.70. The Labute approximate surface area is 169 Å². The molecule has 0 aliphatic carbocycles. The van der Waals surface area contributed by atoms with Crippen LogP contribution in [0.2, 0.25) is 0 Å². The summed E-state index contributed by atoms with van der Waals surface area (Å²) in [5.74, 6) is -1.87. The number of hydrogen-bond acceptors (Lipinski definition) is 8. The smallest absolute Gasteiger partial charge is 0.339 e. The number of allylic oxidation sites excluding steroid dienone is 2. The maximum atomic E-state index is 13.0. The fraction of sp³-hybridized carbons (Fsp3) is 0.450. The van der Waals surface area contributed by atoms with E-state index in [1.54, 1.807) is 0 Å². The second kappa shape index (κ2) is 8.22. The molecule has 1 unspecified atom stereocenters. The average molecular weight is 406 g/mol. The summed E-state index contributed by atoms with van der Waals surface area (Å²) in [4.78, 5) is 25.6. The molecule has 0 aromatic carbocycles. The zero-order valence-corrected chi connectivity index (χ0v) is 17.3.